The van der Waals surface area contributed by atoms with Gasteiger partial charge in [0.1, 0.15) is 12.7 Å². The first-order valence-corrected chi connectivity index (χ1v) is 7.89. The van der Waals surface area contributed by atoms with Crippen molar-refractivity contribution in [3.8, 4) is 5.82 Å². The van der Waals surface area contributed by atoms with Crippen molar-refractivity contribution in [2.24, 2.45) is 0 Å². The van der Waals surface area contributed by atoms with E-state index in [1.54, 1.807) is 12.1 Å². The van der Waals surface area contributed by atoms with Crippen LogP contribution < -0.4 is 10.0 Å². The number of anilines is 1. The van der Waals surface area contributed by atoms with Gasteiger partial charge in [0.25, 0.3) is 0 Å². The standard InChI is InChI=1S/C11H15N7O2S/c19-21(20,17-5-3-12-4-6-17)16-10-1-2-11(14-7-10)18-9-13-8-15-18/h1-2,7-9,12,16H,3-6H2. The third-order valence-corrected chi connectivity index (χ3v) is 4.60. The second-order valence-electron chi connectivity index (χ2n) is 4.50. The zero-order chi connectivity index (χ0) is 14.7. The molecule has 21 heavy (non-hydrogen) atoms. The molecule has 0 unspecified atom stereocenters. The van der Waals surface area contributed by atoms with E-state index < -0.39 is 10.2 Å². The van der Waals surface area contributed by atoms with Crippen LogP contribution in [0.4, 0.5) is 5.69 Å². The number of hydrogen-bond acceptors (Lipinski definition) is 6. The fraction of sp³-hybridized carbons (Fsp3) is 0.364. The topological polar surface area (TPSA) is 105 Å². The molecule has 9 nitrogen and oxygen atoms in total. The Morgan fingerprint density at radius 3 is 2.67 bits per heavy atom. The third-order valence-electron chi connectivity index (χ3n) is 3.06. The minimum atomic E-state index is -3.53. The van der Waals surface area contributed by atoms with Gasteiger partial charge in [0.05, 0.1) is 11.9 Å². The molecule has 1 aliphatic heterocycles. The minimum absolute atomic E-state index is 0.414. The lowest BCUT2D eigenvalue weighted by molar-refractivity contribution is 0.362. The summed E-state index contributed by atoms with van der Waals surface area (Å²) < 4.78 is 29.8. The summed E-state index contributed by atoms with van der Waals surface area (Å²) in [5, 5.41) is 7.07. The van der Waals surface area contributed by atoms with Crippen LogP contribution in [0.3, 0.4) is 0 Å². The number of hydrogen-bond donors (Lipinski definition) is 2. The van der Waals surface area contributed by atoms with E-state index in [-0.39, 0.29) is 0 Å². The lowest BCUT2D eigenvalue weighted by atomic mass is 10.4. The molecule has 1 saturated heterocycles. The van der Waals surface area contributed by atoms with Crippen LogP contribution in [-0.2, 0) is 10.2 Å². The second kappa shape index (κ2) is 5.76. The van der Waals surface area contributed by atoms with Crippen LogP contribution in [0, 0.1) is 0 Å². The van der Waals surface area contributed by atoms with Crippen LogP contribution in [0.2, 0.25) is 0 Å². The highest BCUT2D eigenvalue weighted by atomic mass is 32.2. The largest absolute Gasteiger partial charge is 0.314 e. The molecule has 10 heteroatoms. The van der Waals surface area contributed by atoms with Crippen molar-refractivity contribution in [1.82, 2.24) is 29.4 Å². The molecule has 2 N–H and O–H groups in total. The summed E-state index contributed by atoms with van der Waals surface area (Å²) in [6.07, 6.45) is 4.38. The lowest BCUT2D eigenvalue weighted by Crippen LogP contribution is -2.48. The molecule has 3 rings (SSSR count). The predicted octanol–water partition coefficient (Wildman–Crippen LogP) is -0.776. The van der Waals surface area contributed by atoms with Crippen molar-refractivity contribution in [3.63, 3.8) is 0 Å². The van der Waals surface area contributed by atoms with E-state index in [4.69, 9.17) is 0 Å². The number of nitrogens with one attached hydrogen (secondary N) is 2. The van der Waals surface area contributed by atoms with E-state index in [9.17, 15) is 8.42 Å². The van der Waals surface area contributed by atoms with Gasteiger partial charge in [0.15, 0.2) is 5.82 Å². The highest BCUT2D eigenvalue weighted by Gasteiger charge is 2.23. The Balaban J connectivity index is 1.72. The molecule has 0 radical (unpaired) electrons. The SMILES string of the molecule is O=S(=O)(Nc1ccc(-n2cncn2)nc1)N1CCNCC1. The number of pyridine rings is 1. The summed E-state index contributed by atoms with van der Waals surface area (Å²) in [6.45, 7) is 2.23. The molecule has 0 aliphatic carbocycles. The molecular weight excluding hydrogens is 294 g/mol. The molecule has 0 atom stereocenters. The van der Waals surface area contributed by atoms with Crippen molar-refractivity contribution in [2.45, 2.75) is 0 Å². The van der Waals surface area contributed by atoms with E-state index in [1.807, 2.05) is 0 Å². The Labute approximate surface area is 122 Å². The number of aromatic nitrogens is 4. The van der Waals surface area contributed by atoms with Crippen LogP contribution in [0.15, 0.2) is 31.0 Å². The van der Waals surface area contributed by atoms with E-state index in [2.05, 4.69) is 25.1 Å². The predicted molar refractivity (Wildman–Crippen MR) is 76.1 cm³/mol. The Kier molecular flexibility index (Phi) is 3.82. The zero-order valence-electron chi connectivity index (χ0n) is 11.2. The van der Waals surface area contributed by atoms with Crippen LogP contribution in [0.25, 0.3) is 5.82 Å². The van der Waals surface area contributed by atoms with Crippen molar-refractivity contribution in [1.29, 1.82) is 0 Å². The quantitative estimate of drug-likeness (QED) is 0.768. The summed E-state index contributed by atoms with van der Waals surface area (Å²) in [5.74, 6) is 0.567. The van der Waals surface area contributed by atoms with Crippen LogP contribution in [0.1, 0.15) is 0 Å². The van der Waals surface area contributed by atoms with Crippen LogP contribution in [-0.4, -0.2) is 58.7 Å². The molecule has 2 aromatic heterocycles. The first-order valence-electron chi connectivity index (χ1n) is 6.45. The summed E-state index contributed by atoms with van der Waals surface area (Å²) in [5.41, 5.74) is 0.414. The Hall–Kier alpha value is -2.04. The van der Waals surface area contributed by atoms with E-state index in [0.29, 0.717) is 37.7 Å². The van der Waals surface area contributed by atoms with Gasteiger partial charge >= 0.3 is 10.2 Å². The van der Waals surface area contributed by atoms with Crippen LogP contribution >= 0.6 is 0 Å². The van der Waals surface area contributed by atoms with Gasteiger partial charge in [0.2, 0.25) is 0 Å². The Morgan fingerprint density at radius 1 is 1.24 bits per heavy atom. The maximum Gasteiger partial charge on any atom is 0.301 e. The number of rotatable bonds is 4. The molecule has 1 aliphatic rings. The second-order valence-corrected chi connectivity index (χ2v) is 6.17. The molecule has 2 aromatic rings. The minimum Gasteiger partial charge on any atom is -0.314 e. The van der Waals surface area contributed by atoms with Crippen molar-refractivity contribution in [2.75, 3.05) is 30.9 Å². The van der Waals surface area contributed by atoms with Gasteiger partial charge < -0.3 is 5.32 Å². The van der Waals surface area contributed by atoms with Crippen LogP contribution in [0.5, 0.6) is 0 Å². The molecular formula is C11H15N7O2S. The van der Waals surface area contributed by atoms with Gasteiger partial charge in [-0.3, -0.25) is 4.72 Å². The summed E-state index contributed by atoms with van der Waals surface area (Å²) in [4.78, 5) is 7.98. The molecule has 0 spiro atoms. The van der Waals surface area contributed by atoms with Gasteiger partial charge in [-0.05, 0) is 12.1 Å². The molecule has 0 saturated carbocycles. The summed E-state index contributed by atoms with van der Waals surface area (Å²) >= 11 is 0. The van der Waals surface area contributed by atoms with Crippen molar-refractivity contribution in [3.05, 3.63) is 31.0 Å². The normalized spacial score (nSPS) is 16.8. The number of piperazine rings is 1. The maximum atomic E-state index is 12.2. The van der Waals surface area contributed by atoms with Gasteiger partial charge in [-0.2, -0.15) is 17.8 Å². The fourth-order valence-corrected chi connectivity index (χ4v) is 3.22. The average molecular weight is 309 g/mol. The molecule has 0 aromatic carbocycles. The highest BCUT2D eigenvalue weighted by molar-refractivity contribution is 7.90. The monoisotopic (exact) mass is 309 g/mol. The molecule has 112 valence electrons. The fourth-order valence-electron chi connectivity index (χ4n) is 2.01. The molecule has 0 amide bonds. The maximum absolute atomic E-state index is 12.2. The molecule has 0 bridgehead atoms. The highest BCUT2D eigenvalue weighted by Crippen LogP contribution is 2.12. The third kappa shape index (κ3) is 3.17. The summed E-state index contributed by atoms with van der Waals surface area (Å²) in [7, 11) is -3.53. The van der Waals surface area contributed by atoms with Gasteiger partial charge in [-0.15, -0.1) is 0 Å². The first-order chi connectivity index (χ1) is 10.1. The number of nitrogens with zero attached hydrogens (tertiary/aromatic N) is 5. The van der Waals surface area contributed by atoms with Gasteiger partial charge in [0, 0.05) is 26.2 Å². The van der Waals surface area contributed by atoms with E-state index in [0.717, 1.165) is 0 Å². The molecule has 3 heterocycles. The Morgan fingerprint density at radius 2 is 2.05 bits per heavy atom. The average Bonchev–Trinajstić information content (AvgIpc) is 3.03. The van der Waals surface area contributed by atoms with Gasteiger partial charge in [-0.25, -0.2) is 14.6 Å². The Bertz CT molecular complexity index is 678. The molecule has 1 fully saturated rings. The smallest absolute Gasteiger partial charge is 0.301 e. The van der Waals surface area contributed by atoms with Gasteiger partial charge in [-0.1, -0.05) is 0 Å². The van der Waals surface area contributed by atoms with Crippen molar-refractivity contribution >= 4 is 15.9 Å². The lowest BCUT2D eigenvalue weighted by Gasteiger charge is -2.26. The van der Waals surface area contributed by atoms with E-state index in [1.165, 1.54) is 27.8 Å². The van der Waals surface area contributed by atoms with E-state index >= 15 is 0 Å². The van der Waals surface area contributed by atoms with Crippen molar-refractivity contribution < 1.29 is 8.42 Å². The first kappa shape index (κ1) is 13.9. The zero-order valence-corrected chi connectivity index (χ0v) is 12.0. The summed E-state index contributed by atoms with van der Waals surface area (Å²) in [6, 6.07) is 3.31.